The number of ether oxygens (including phenoxy) is 1. The third kappa shape index (κ3) is 7.30. The van der Waals surface area contributed by atoms with E-state index < -0.39 is 6.61 Å². The van der Waals surface area contributed by atoms with Crippen molar-refractivity contribution in [3.05, 3.63) is 52.5 Å². The van der Waals surface area contributed by atoms with Crippen molar-refractivity contribution in [3.8, 4) is 5.75 Å². The summed E-state index contributed by atoms with van der Waals surface area (Å²) in [4.78, 5) is 25.6. The van der Waals surface area contributed by atoms with Gasteiger partial charge in [-0.15, -0.1) is 0 Å². The van der Waals surface area contributed by atoms with Gasteiger partial charge in [-0.25, -0.2) is 0 Å². The predicted molar refractivity (Wildman–Crippen MR) is 104 cm³/mol. The maximum Gasteiger partial charge on any atom is 0.387 e. The highest BCUT2D eigenvalue weighted by Gasteiger charge is 2.12. The van der Waals surface area contributed by atoms with Crippen molar-refractivity contribution in [3.63, 3.8) is 0 Å². The first kappa shape index (κ1) is 21.9. The molecule has 0 atom stereocenters. The van der Waals surface area contributed by atoms with Gasteiger partial charge >= 0.3 is 6.61 Å². The Kier molecular flexibility index (Phi) is 7.98. The monoisotopic (exact) mass is 431 g/mol. The van der Waals surface area contributed by atoms with Gasteiger partial charge in [-0.3, -0.25) is 14.5 Å². The molecule has 10 heteroatoms. The van der Waals surface area contributed by atoms with Crippen LogP contribution in [0.4, 0.5) is 20.2 Å². The molecule has 2 amide bonds. The summed E-state index contributed by atoms with van der Waals surface area (Å²) in [5.41, 5.74) is 0.906. The van der Waals surface area contributed by atoms with E-state index in [9.17, 15) is 18.4 Å². The number of rotatable bonds is 8. The van der Waals surface area contributed by atoms with Crippen LogP contribution in [0.2, 0.25) is 10.0 Å². The number of nitrogens with zero attached hydrogens (tertiary/aromatic N) is 1. The van der Waals surface area contributed by atoms with Crippen LogP contribution < -0.4 is 15.4 Å². The molecule has 0 saturated carbocycles. The van der Waals surface area contributed by atoms with E-state index in [1.54, 1.807) is 19.2 Å². The van der Waals surface area contributed by atoms with Crippen LogP contribution in [0.5, 0.6) is 5.75 Å². The van der Waals surface area contributed by atoms with Gasteiger partial charge in [0.2, 0.25) is 11.8 Å². The van der Waals surface area contributed by atoms with Crippen LogP contribution in [0, 0.1) is 0 Å². The number of alkyl halides is 2. The number of nitrogens with one attached hydrogen (secondary N) is 2. The first-order valence-electron chi connectivity index (χ1n) is 8.01. The maximum atomic E-state index is 12.1. The van der Waals surface area contributed by atoms with Crippen molar-refractivity contribution in [1.82, 2.24) is 4.90 Å². The van der Waals surface area contributed by atoms with E-state index in [1.165, 1.54) is 35.2 Å². The molecule has 6 nitrogen and oxygen atoms in total. The van der Waals surface area contributed by atoms with Crippen molar-refractivity contribution in [2.24, 2.45) is 0 Å². The Labute approximate surface area is 170 Å². The Balaban J connectivity index is 1.79. The number of carbonyl (C=O) groups excluding carboxylic acids is 2. The average molecular weight is 432 g/mol. The highest BCUT2D eigenvalue weighted by atomic mass is 35.5. The second-order valence-corrected chi connectivity index (χ2v) is 6.61. The topological polar surface area (TPSA) is 70.7 Å². The van der Waals surface area contributed by atoms with Crippen molar-refractivity contribution in [2.75, 3.05) is 30.8 Å². The number of benzene rings is 2. The van der Waals surface area contributed by atoms with E-state index in [0.717, 1.165) is 0 Å². The van der Waals surface area contributed by atoms with E-state index in [2.05, 4.69) is 15.4 Å². The van der Waals surface area contributed by atoms with Gasteiger partial charge in [0.05, 0.1) is 23.1 Å². The molecule has 0 aliphatic rings. The predicted octanol–water partition coefficient (Wildman–Crippen LogP) is 4.10. The minimum atomic E-state index is -2.91. The van der Waals surface area contributed by atoms with E-state index in [1.807, 2.05) is 0 Å². The smallest absolute Gasteiger partial charge is 0.387 e. The molecule has 2 N–H and O–H groups in total. The molecule has 0 heterocycles. The average Bonchev–Trinajstić information content (AvgIpc) is 2.59. The third-order valence-corrected chi connectivity index (χ3v) is 4.13. The zero-order valence-electron chi connectivity index (χ0n) is 14.7. The van der Waals surface area contributed by atoms with Crippen molar-refractivity contribution < 1.29 is 23.1 Å². The highest BCUT2D eigenvalue weighted by Crippen LogP contribution is 2.25. The van der Waals surface area contributed by atoms with Crippen LogP contribution in [0.15, 0.2) is 42.5 Å². The van der Waals surface area contributed by atoms with E-state index in [0.29, 0.717) is 21.4 Å². The number of hydrogen-bond donors (Lipinski definition) is 2. The summed E-state index contributed by atoms with van der Waals surface area (Å²) in [7, 11) is 1.60. The fraction of sp³-hybridized carbons (Fsp3) is 0.222. The number of amides is 2. The van der Waals surface area contributed by atoms with Crippen molar-refractivity contribution in [1.29, 1.82) is 0 Å². The molecule has 28 heavy (non-hydrogen) atoms. The molecule has 2 rings (SSSR count). The van der Waals surface area contributed by atoms with Crippen molar-refractivity contribution >= 4 is 46.4 Å². The standard InChI is InChI=1S/C18H17Cl2F2N3O3/c1-25(10-17(27)24-12-4-7-14(19)15(20)8-12)9-16(26)23-11-2-5-13(6-3-11)28-18(21)22/h2-8,18H,9-10H2,1H3,(H,23,26)(H,24,27). The third-order valence-electron chi connectivity index (χ3n) is 3.39. The van der Waals surface area contributed by atoms with Gasteiger partial charge in [-0.1, -0.05) is 23.2 Å². The van der Waals surface area contributed by atoms with Crippen LogP contribution in [-0.2, 0) is 9.59 Å². The summed E-state index contributed by atoms with van der Waals surface area (Å²) in [5, 5.41) is 5.95. The molecule has 0 radical (unpaired) electrons. The van der Waals surface area contributed by atoms with Gasteiger partial charge < -0.3 is 15.4 Å². The molecule has 0 unspecified atom stereocenters. The number of halogens is 4. The van der Waals surface area contributed by atoms with Crippen LogP contribution in [-0.4, -0.2) is 43.5 Å². The summed E-state index contributed by atoms with van der Waals surface area (Å²) in [6.45, 7) is -3.00. The van der Waals surface area contributed by atoms with Gasteiger partial charge in [0.25, 0.3) is 0 Å². The fourth-order valence-electron chi connectivity index (χ4n) is 2.24. The Bertz CT molecular complexity index is 835. The number of hydrogen-bond acceptors (Lipinski definition) is 4. The normalized spacial score (nSPS) is 10.8. The maximum absolute atomic E-state index is 12.1. The number of anilines is 2. The van der Waals surface area contributed by atoms with Crippen molar-refractivity contribution in [2.45, 2.75) is 6.61 Å². The Morgan fingerprint density at radius 2 is 1.50 bits per heavy atom. The quantitative estimate of drug-likeness (QED) is 0.659. The molecule has 0 saturated heterocycles. The number of likely N-dealkylation sites (N-methyl/N-ethyl adjacent to an activating group) is 1. The molecule has 0 aliphatic carbocycles. The van der Waals surface area contributed by atoms with E-state index >= 15 is 0 Å². The summed E-state index contributed by atoms with van der Waals surface area (Å²) in [5.74, 6) is -0.710. The van der Waals surface area contributed by atoms with Crippen LogP contribution in [0.25, 0.3) is 0 Å². The van der Waals surface area contributed by atoms with Crippen LogP contribution in [0.1, 0.15) is 0 Å². The molecular weight excluding hydrogens is 415 g/mol. The Morgan fingerprint density at radius 3 is 2.04 bits per heavy atom. The minimum absolute atomic E-state index is 0.0101. The molecule has 150 valence electrons. The highest BCUT2D eigenvalue weighted by molar-refractivity contribution is 6.42. The zero-order valence-corrected chi connectivity index (χ0v) is 16.2. The van der Waals surface area contributed by atoms with Gasteiger partial charge in [0.15, 0.2) is 0 Å². The lowest BCUT2D eigenvalue weighted by Gasteiger charge is -2.16. The lowest BCUT2D eigenvalue weighted by molar-refractivity contribution is -0.119. The first-order chi connectivity index (χ1) is 13.2. The molecule has 2 aromatic carbocycles. The summed E-state index contributed by atoms with van der Waals surface area (Å²) >= 11 is 11.7. The van der Waals surface area contributed by atoms with E-state index in [-0.39, 0.29) is 30.7 Å². The Hall–Kier alpha value is -2.42. The second-order valence-electron chi connectivity index (χ2n) is 5.80. The van der Waals surface area contributed by atoms with Gasteiger partial charge in [0, 0.05) is 11.4 Å². The summed E-state index contributed by atoms with van der Waals surface area (Å²) < 4.78 is 28.5. The second kappa shape index (κ2) is 10.2. The van der Waals surface area contributed by atoms with E-state index in [4.69, 9.17) is 23.2 Å². The lowest BCUT2D eigenvalue weighted by atomic mass is 10.3. The molecular formula is C18H17Cl2F2N3O3. The molecule has 0 fully saturated rings. The molecule has 2 aromatic rings. The Morgan fingerprint density at radius 1 is 0.964 bits per heavy atom. The number of carbonyl (C=O) groups is 2. The molecule has 0 bridgehead atoms. The zero-order chi connectivity index (χ0) is 20.7. The molecule has 0 aliphatic heterocycles. The van der Waals surface area contributed by atoms with Crippen LogP contribution in [0.3, 0.4) is 0 Å². The largest absolute Gasteiger partial charge is 0.435 e. The lowest BCUT2D eigenvalue weighted by Crippen LogP contribution is -2.36. The SMILES string of the molecule is CN(CC(=O)Nc1ccc(OC(F)F)cc1)CC(=O)Nc1ccc(Cl)c(Cl)c1. The molecule has 0 aromatic heterocycles. The van der Waals surface area contributed by atoms with Gasteiger partial charge in [0.1, 0.15) is 5.75 Å². The minimum Gasteiger partial charge on any atom is -0.435 e. The summed E-state index contributed by atoms with van der Waals surface area (Å²) in [6, 6.07) is 10.2. The first-order valence-corrected chi connectivity index (χ1v) is 8.76. The van der Waals surface area contributed by atoms with Crippen LogP contribution >= 0.6 is 23.2 Å². The van der Waals surface area contributed by atoms with Gasteiger partial charge in [-0.05, 0) is 49.5 Å². The molecule has 0 spiro atoms. The van der Waals surface area contributed by atoms with Gasteiger partial charge in [-0.2, -0.15) is 8.78 Å². The summed E-state index contributed by atoms with van der Waals surface area (Å²) in [6.07, 6.45) is 0. The fourth-order valence-corrected chi connectivity index (χ4v) is 2.54.